The van der Waals surface area contributed by atoms with E-state index in [-0.39, 0.29) is 137 Å². The Kier molecular flexibility index (Phi) is 50.4. The number of nitrogens with two attached hydrogens (primary N) is 3. The zero-order valence-corrected chi connectivity index (χ0v) is 83.3. The van der Waals surface area contributed by atoms with E-state index in [9.17, 15) is 88.4 Å². The third-order valence-electron chi connectivity index (χ3n) is 23.5. The molecule has 0 spiro atoms. The number of nitrogens with zero attached hydrogens (tertiary/aromatic N) is 6. The summed E-state index contributed by atoms with van der Waals surface area (Å²) in [6.07, 6.45) is 3.45. The SMILES string of the molecule is CCCCS(=O)(=O)C[C@@H](NC(=O)c1ccncc1)C(=O)N(Cc1cccc(CC)c1)C[C@@H](O)[C@@H](N)Cc1cc(F)cc(F)c1.CCCN(CCC)C(=O)CC[C@@H](NC(=O)OCc1ccccc1)C(=O)N(Cc1cccc(CC)c1)C[C@@H](O)[C@@H](N)Cc1cc(F)cc(F)c1.CCCN(CCC)C(=O)CC[C@H](NC(=O)OCc1ccccc1)C(=O)N(Cc1cccc(CC)c1)C[C@@H](O)[C@@H](N)Cc1cc(F)cc(F)c1. The third-order valence-corrected chi connectivity index (χ3v) is 25.2. The normalized spacial score (nSPS) is 13.1. The lowest BCUT2D eigenvalue weighted by Gasteiger charge is -2.32. The highest BCUT2D eigenvalue weighted by Gasteiger charge is 2.37. The number of hydrogen-bond donors (Lipinski definition) is 9. The van der Waals surface area contributed by atoms with Crippen molar-refractivity contribution in [1.29, 1.82) is 0 Å². The number of halogens is 6. The molecule has 1 aromatic heterocycles. The number of sulfone groups is 1. The first-order chi connectivity index (χ1) is 67.9. The highest BCUT2D eigenvalue weighted by atomic mass is 32.2. The number of pyridine rings is 1. The smallest absolute Gasteiger partial charge is 0.408 e. The molecule has 0 saturated heterocycles. The number of aliphatic hydroxyl groups is 3. The van der Waals surface area contributed by atoms with Crippen molar-refractivity contribution in [3.05, 3.63) is 314 Å². The van der Waals surface area contributed by atoms with Crippen LogP contribution < -0.4 is 33.2 Å². The minimum absolute atomic E-state index is 0.00172. The third kappa shape index (κ3) is 41.6. The second-order valence-corrected chi connectivity index (χ2v) is 37.6. The lowest BCUT2D eigenvalue weighted by atomic mass is 10.0. The van der Waals surface area contributed by atoms with E-state index in [0.717, 1.165) is 144 Å². The first kappa shape index (κ1) is 117. The monoisotopic (exact) mass is 1990 g/mol. The summed E-state index contributed by atoms with van der Waals surface area (Å²) >= 11 is 0. The summed E-state index contributed by atoms with van der Waals surface area (Å²) in [5.74, 6) is -8.13. The van der Waals surface area contributed by atoms with Crippen LogP contribution in [0.3, 0.4) is 0 Å². The highest BCUT2D eigenvalue weighted by molar-refractivity contribution is 7.91. The number of alkyl carbamates (subject to hydrolysis) is 2. The van der Waals surface area contributed by atoms with E-state index in [1.165, 1.54) is 39.2 Å². The number of ether oxygens (including phenoxy) is 2. The molecule has 8 aromatic carbocycles. The molecule has 9 atom stereocenters. The second-order valence-electron chi connectivity index (χ2n) is 35.4. The van der Waals surface area contributed by atoms with Crippen molar-refractivity contribution in [2.75, 3.05) is 57.3 Å². The van der Waals surface area contributed by atoms with Crippen molar-refractivity contribution in [3.8, 4) is 0 Å². The van der Waals surface area contributed by atoms with Crippen LogP contribution in [-0.2, 0) is 115 Å². The van der Waals surface area contributed by atoms with Crippen LogP contribution in [0.1, 0.15) is 191 Å². The number of aryl methyl sites for hydroxylation is 3. The van der Waals surface area contributed by atoms with Gasteiger partial charge in [0.25, 0.3) is 5.91 Å². The van der Waals surface area contributed by atoms with Gasteiger partial charge in [-0.25, -0.2) is 44.3 Å². The second kappa shape index (κ2) is 61.4. The summed E-state index contributed by atoms with van der Waals surface area (Å²) in [4.78, 5) is 120. The number of carbonyl (C=O) groups excluding carboxylic acids is 8. The number of aromatic nitrogens is 1. The fourth-order valence-corrected chi connectivity index (χ4v) is 17.6. The molecule has 9 rings (SSSR count). The van der Waals surface area contributed by atoms with Gasteiger partial charge >= 0.3 is 12.2 Å². The number of nitrogens with one attached hydrogen (secondary N) is 3. The molecule has 0 aliphatic rings. The molecule has 8 amide bonds. The first-order valence-corrected chi connectivity index (χ1v) is 50.4. The quantitative estimate of drug-likeness (QED) is 0.0160. The Balaban J connectivity index is 0.000000290. The van der Waals surface area contributed by atoms with E-state index < -0.39 is 141 Å². The molecule has 770 valence electrons. The molecule has 0 aliphatic carbocycles. The zero-order valence-electron chi connectivity index (χ0n) is 82.4. The average Bonchev–Trinajstić information content (AvgIpc) is 0.830. The summed E-state index contributed by atoms with van der Waals surface area (Å²) in [6.45, 7) is 17.4. The van der Waals surface area contributed by atoms with Gasteiger partial charge in [-0.05, 0) is 193 Å². The van der Waals surface area contributed by atoms with Crippen LogP contribution in [0.2, 0.25) is 0 Å². The van der Waals surface area contributed by atoms with E-state index in [1.54, 1.807) is 40.1 Å². The number of benzene rings is 8. The molecule has 12 N–H and O–H groups in total. The highest BCUT2D eigenvalue weighted by Crippen LogP contribution is 2.24. The van der Waals surface area contributed by atoms with Crippen LogP contribution in [0.15, 0.2) is 213 Å². The van der Waals surface area contributed by atoms with Crippen LogP contribution in [0, 0.1) is 34.9 Å². The molecule has 0 fully saturated rings. The zero-order chi connectivity index (χ0) is 104. The Morgan fingerprint density at radius 1 is 0.366 bits per heavy atom. The van der Waals surface area contributed by atoms with Crippen molar-refractivity contribution >= 4 is 57.5 Å². The summed E-state index contributed by atoms with van der Waals surface area (Å²) in [5.41, 5.74) is 26.7. The van der Waals surface area contributed by atoms with E-state index in [0.29, 0.717) is 39.0 Å². The Bertz CT molecular complexity index is 5260. The van der Waals surface area contributed by atoms with Gasteiger partial charge < -0.3 is 82.4 Å². The molecule has 0 bridgehead atoms. The van der Waals surface area contributed by atoms with Gasteiger partial charge in [-0.15, -0.1) is 0 Å². The summed E-state index contributed by atoms with van der Waals surface area (Å²) in [5, 5.41) is 41.4. The number of unbranched alkanes of at least 4 members (excludes halogenated alkanes) is 1. The standard InChI is InChI=1S/2C38H50F2N4O5.C32H40F2N4O5S/c2*1-4-17-43(18-5-2)36(46)16-15-34(42-38(48)49-26-28-11-8-7-9-12-28)37(47)44(24-29-14-10-13-27(6-3)19-29)25-35(45)33(41)22-30-20-31(39)23-32(40)21-30;1-3-5-13-44(42,43)21-29(37-31(40)25-9-11-36-12-10-25)32(41)38(19-23-8-6-7-22(4-2)14-23)20-30(39)28(35)17-24-15-26(33)18-27(34)16-24/h2*7-14,19-21,23,33-35,45H,4-6,15-18,22,24-26,41H2,1-3H3,(H,42,48);6-12,14-16,18,28-30,39H,3-5,13,17,19-21,35H2,1-2H3,(H,37,40)/t33-,34+,35+;33-,34-,35+;28-,29+,30+/m000/s1. The molecule has 1 heterocycles. The fourth-order valence-electron chi connectivity index (χ4n) is 16.0. The van der Waals surface area contributed by atoms with Gasteiger partial charge in [-0.1, -0.05) is 195 Å². The molecular formula is C108H140F6N12O15S. The van der Waals surface area contributed by atoms with E-state index in [4.69, 9.17) is 26.7 Å². The number of hydrogen-bond acceptors (Lipinski definition) is 19. The first-order valence-electron chi connectivity index (χ1n) is 48.6. The minimum atomic E-state index is -3.76. The van der Waals surface area contributed by atoms with Gasteiger partial charge in [-0.2, -0.15) is 0 Å². The lowest BCUT2D eigenvalue weighted by Crippen LogP contribution is -2.54. The number of carbonyl (C=O) groups is 8. The van der Waals surface area contributed by atoms with Gasteiger partial charge in [-0.3, -0.25) is 33.8 Å². The summed E-state index contributed by atoms with van der Waals surface area (Å²) < 4.78 is 120. The van der Waals surface area contributed by atoms with E-state index in [1.807, 2.05) is 159 Å². The van der Waals surface area contributed by atoms with Crippen LogP contribution in [-0.4, -0.2) is 213 Å². The lowest BCUT2D eigenvalue weighted by molar-refractivity contribution is -0.137. The molecule has 0 aliphatic heterocycles. The minimum Gasteiger partial charge on any atom is -0.445 e. The van der Waals surface area contributed by atoms with Gasteiger partial charge in [0, 0.05) is 133 Å². The van der Waals surface area contributed by atoms with Crippen LogP contribution in [0.5, 0.6) is 0 Å². The van der Waals surface area contributed by atoms with E-state index in [2.05, 4.69) is 20.9 Å². The molecule has 9 aromatic rings. The molecular weight excluding hydrogens is 1850 g/mol. The fraction of sp³-hybridized carbons (Fsp3) is 0.435. The van der Waals surface area contributed by atoms with Gasteiger partial charge in [0.2, 0.25) is 29.5 Å². The molecule has 0 saturated carbocycles. The van der Waals surface area contributed by atoms with Crippen molar-refractivity contribution < 1.29 is 97.9 Å². The van der Waals surface area contributed by atoms with Crippen molar-refractivity contribution in [2.45, 2.75) is 246 Å². The van der Waals surface area contributed by atoms with Crippen molar-refractivity contribution in [3.63, 3.8) is 0 Å². The molecule has 142 heavy (non-hydrogen) atoms. The van der Waals surface area contributed by atoms with Gasteiger partial charge in [0.1, 0.15) is 66.2 Å². The van der Waals surface area contributed by atoms with E-state index >= 15 is 0 Å². The van der Waals surface area contributed by atoms with Gasteiger partial charge in [0.15, 0.2) is 9.84 Å². The Morgan fingerprint density at radius 2 is 0.669 bits per heavy atom. The maximum absolute atomic E-state index is 14.3. The van der Waals surface area contributed by atoms with Crippen LogP contribution >= 0.6 is 0 Å². The van der Waals surface area contributed by atoms with Crippen LogP contribution in [0.25, 0.3) is 0 Å². The van der Waals surface area contributed by atoms with Crippen molar-refractivity contribution in [1.82, 2.24) is 45.4 Å². The molecule has 34 heteroatoms. The Labute approximate surface area is 830 Å². The molecule has 0 unspecified atom stereocenters. The molecule has 27 nitrogen and oxygen atoms in total. The predicted octanol–water partition coefficient (Wildman–Crippen LogP) is 14.2. The summed E-state index contributed by atoms with van der Waals surface area (Å²) in [7, 11) is -3.76. The topological polar surface area (TPSA) is 393 Å². The van der Waals surface area contributed by atoms with Crippen molar-refractivity contribution in [2.24, 2.45) is 17.2 Å². The predicted molar refractivity (Wildman–Crippen MR) is 535 cm³/mol. The number of aliphatic hydroxyl groups excluding tert-OH is 3. The van der Waals surface area contributed by atoms with Gasteiger partial charge in [0.05, 0.1) is 29.8 Å². The number of amides is 8. The summed E-state index contributed by atoms with van der Waals surface area (Å²) in [6, 6.07) is 46.1. The van der Waals surface area contributed by atoms with Crippen LogP contribution in [0.4, 0.5) is 35.9 Å². The average molecular weight is 1990 g/mol. The maximum atomic E-state index is 14.3. The maximum Gasteiger partial charge on any atom is 0.408 e. The molecule has 0 radical (unpaired) electrons. The Hall–Kier alpha value is -12.4. The Morgan fingerprint density at radius 3 is 0.972 bits per heavy atom. The largest absolute Gasteiger partial charge is 0.445 e. The number of rotatable bonds is 54.